The summed E-state index contributed by atoms with van der Waals surface area (Å²) in [5.41, 5.74) is -2.57. The van der Waals surface area contributed by atoms with Crippen LogP contribution in [0, 0.1) is 5.92 Å². The van der Waals surface area contributed by atoms with E-state index in [0.717, 1.165) is 18.8 Å². The van der Waals surface area contributed by atoms with Crippen LogP contribution in [0.25, 0.3) is 0 Å². The molecule has 3 fully saturated rings. The number of hydrogen-bond donors (Lipinski definition) is 8. The molecular formula is C24H44O11. The molecule has 11 nitrogen and oxygen atoms in total. The Hall–Kier alpha value is -0.440. The molecule has 0 aromatic heterocycles. The van der Waals surface area contributed by atoms with E-state index >= 15 is 0 Å². The average Bonchev–Trinajstić information content (AvgIpc) is 2.87. The van der Waals surface area contributed by atoms with Crippen LogP contribution in [0.1, 0.15) is 64.2 Å². The lowest BCUT2D eigenvalue weighted by Crippen LogP contribution is -2.77. The van der Waals surface area contributed by atoms with Crippen LogP contribution in [0.5, 0.6) is 0 Å². The van der Waals surface area contributed by atoms with E-state index in [1.165, 1.54) is 44.9 Å². The third kappa shape index (κ3) is 6.53. The van der Waals surface area contributed by atoms with Crippen LogP contribution in [0.3, 0.4) is 0 Å². The van der Waals surface area contributed by atoms with Gasteiger partial charge in [0.1, 0.15) is 48.8 Å². The van der Waals surface area contributed by atoms with Gasteiger partial charge in [-0.05, 0) is 12.3 Å². The summed E-state index contributed by atoms with van der Waals surface area (Å²) < 4.78 is 16.5. The van der Waals surface area contributed by atoms with Gasteiger partial charge in [0, 0.05) is 6.61 Å². The van der Waals surface area contributed by atoms with Crippen LogP contribution in [0.15, 0.2) is 0 Å². The zero-order valence-corrected chi connectivity index (χ0v) is 20.3. The summed E-state index contributed by atoms with van der Waals surface area (Å²) in [5.74, 6) is 0.852. The molecule has 0 amide bonds. The molecule has 35 heavy (non-hydrogen) atoms. The summed E-state index contributed by atoms with van der Waals surface area (Å²) >= 11 is 0. The molecule has 0 spiro atoms. The van der Waals surface area contributed by atoms with Crippen molar-refractivity contribution in [1.82, 2.24) is 0 Å². The minimum atomic E-state index is -2.57. The van der Waals surface area contributed by atoms with Gasteiger partial charge in [0.2, 0.25) is 0 Å². The van der Waals surface area contributed by atoms with Crippen molar-refractivity contribution in [3.63, 3.8) is 0 Å². The van der Waals surface area contributed by atoms with E-state index in [2.05, 4.69) is 0 Å². The van der Waals surface area contributed by atoms with Crippen molar-refractivity contribution in [2.45, 2.75) is 125 Å². The molecule has 3 rings (SSSR count). The van der Waals surface area contributed by atoms with Gasteiger partial charge >= 0.3 is 0 Å². The molecule has 206 valence electrons. The average molecular weight is 509 g/mol. The molecule has 3 aliphatic rings. The molecule has 2 aliphatic heterocycles. The van der Waals surface area contributed by atoms with Crippen LogP contribution in [-0.2, 0) is 14.2 Å². The van der Waals surface area contributed by atoms with E-state index < -0.39 is 73.9 Å². The maximum absolute atomic E-state index is 11.3. The van der Waals surface area contributed by atoms with Crippen molar-refractivity contribution in [2.75, 3.05) is 19.8 Å². The van der Waals surface area contributed by atoms with Crippen LogP contribution < -0.4 is 0 Å². The lowest BCUT2D eigenvalue weighted by atomic mass is 9.75. The lowest BCUT2D eigenvalue weighted by molar-refractivity contribution is -0.372. The molecule has 2 saturated heterocycles. The van der Waals surface area contributed by atoms with E-state index in [4.69, 9.17) is 14.2 Å². The molecule has 1 aliphatic carbocycles. The fraction of sp³-hybridized carbons (Fsp3) is 1.00. The third-order valence-electron chi connectivity index (χ3n) is 7.92. The predicted octanol–water partition coefficient (Wildman–Crippen LogP) is -1.45. The molecule has 0 radical (unpaired) electrons. The number of aliphatic hydroxyl groups excluding tert-OH is 7. The van der Waals surface area contributed by atoms with E-state index in [9.17, 15) is 40.9 Å². The van der Waals surface area contributed by atoms with Gasteiger partial charge in [-0.15, -0.1) is 0 Å². The van der Waals surface area contributed by atoms with Gasteiger partial charge in [-0.25, -0.2) is 0 Å². The van der Waals surface area contributed by atoms with Gasteiger partial charge in [0.05, 0.1) is 13.2 Å². The minimum Gasteiger partial charge on any atom is -0.394 e. The summed E-state index contributed by atoms with van der Waals surface area (Å²) in [6.45, 7) is -1.32. The van der Waals surface area contributed by atoms with E-state index in [1.807, 2.05) is 0 Å². The summed E-state index contributed by atoms with van der Waals surface area (Å²) in [7, 11) is 0. The number of hydrogen-bond acceptors (Lipinski definition) is 11. The molecule has 0 aromatic carbocycles. The Morgan fingerprint density at radius 1 is 0.743 bits per heavy atom. The first kappa shape index (κ1) is 29.1. The zero-order chi connectivity index (χ0) is 25.6. The highest BCUT2D eigenvalue weighted by Gasteiger charge is 2.64. The molecule has 10 atom stereocenters. The Morgan fingerprint density at radius 3 is 2.09 bits per heavy atom. The second kappa shape index (κ2) is 13.4. The number of ether oxygens (including phenoxy) is 3. The molecular weight excluding hydrogens is 464 g/mol. The Kier molecular flexibility index (Phi) is 11.1. The molecule has 0 bridgehead atoms. The number of aliphatic hydroxyl groups is 8. The van der Waals surface area contributed by atoms with Crippen molar-refractivity contribution in [3.8, 4) is 0 Å². The summed E-state index contributed by atoms with van der Waals surface area (Å²) in [4.78, 5) is 0. The molecule has 0 unspecified atom stereocenters. The summed E-state index contributed by atoms with van der Waals surface area (Å²) in [5, 5.41) is 82.4. The van der Waals surface area contributed by atoms with Crippen LogP contribution in [-0.4, -0.2) is 121 Å². The fourth-order valence-corrected chi connectivity index (χ4v) is 5.69. The van der Waals surface area contributed by atoms with E-state index in [0.29, 0.717) is 6.42 Å². The van der Waals surface area contributed by atoms with E-state index in [1.54, 1.807) is 0 Å². The highest BCUT2D eigenvalue weighted by atomic mass is 16.7. The monoisotopic (exact) mass is 508 g/mol. The zero-order valence-electron chi connectivity index (χ0n) is 20.3. The van der Waals surface area contributed by atoms with Crippen LogP contribution in [0.4, 0.5) is 0 Å². The quantitative estimate of drug-likeness (QED) is 0.152. The van der Waals surface area contributed by atoms with Crippen LogP contribution >= 0.6 is 0 Å². The van der Waals surface area contributed by atoms with Crippen molar-refractivity contribution in [1.29, 1.82) is 0 Å². The SMILES string of the molecule is OC[C@H]1O[C@@H]([C@]2(O)[C@H](O)[C@@H](O)[C@@H](OCCCCCCC3CCCCC3)O[C@@H]2CO)[C@H](O)[C@@H](O)[C@@H]1O. The standard InChI is InChI=1S/C24H44O11/c25-12-15-17(27)18(28)19(29)22(34-15)24(32)16(13-26)35-23(20(30)21(24)31)33-11-7-2-1-4-8-14-9-5-3-6-10-14/h14-23,25-32H,1-13H2/t15-,16-,17-,18+,19-,20-,21-,22-,23+,24-/m1/s1. The second-order valence-corrected chi connectivity index (χ2v) is 10.3. The number of unbranched alkanes of at least 4 members (excludes halogenated alkanes) is 3. The fourth-order valence-electron chi connectivity index (χ4n) is 5.69. The maximum atomic E-state index is 11.3. The Morgan fingerprint density at radius 2 is 1.43 bits per heavy atom. The summed E-state index contributed by atoms with van der Waals surface area (Å²) in [6.07, 6.45) is -3.28. The van der Waals surface area contributed by atoms with Crippen molar-refractivity contribution in [2.24, 2.45) is 5.92 Å². The van der Waals surface area contributed by atoms with Crippen molar-refractivity contribution in [3.05, 3.63) is 0 Å². The first-order valence-electron chi connectivity index (χ1n) is 13.0. The maximum Gasteiger partial charge on any atom is 0.186 e. The second-order valence-electron chi connectivity index (χ2n) is 10.3. The topological polar surface area (TPSA) is 190 Å². The van der Waals surface area contributed by atoms with E-state index in [-0.39, 0.29) is 6.61 Å². The van der Waals surface area contributed by atoms with Gasteiger partial charge in [-0.3, -0.25) is 0 Å². The predicted molar refractivity (Wildman–Crippen MR) is 122 cm³/mol. The lowest BCUT2D eigenvalue weighted by Gasteiger charge is -2.54. The highest BCUT2D eigenvalue weighted by Crippen LogP contribution is 2.39. The molecule has 0 aromatic rings. The Bertz CT molecular complexity index is 612. The van der Waals surface area contributed by atoms with Crippen molar-refractivity contribution < 1.29 is 55.1 Å². The molecule has 1 saturated carbocycles. The summed E-state index contributed by atoms with van der Waals surface area (Å²) in [6, 6.07) is 0. The van der Waals surface area contributed by atoms with Gasteiger partial charge in [0.15, 0.2) is 11.9 Å². The first-order valence-corrected chi connectivity index (χ1v) is 13.0. The van der Waals surface area contributed by atoms with Crippen molar-refractivity contribution >= 4 is 0 Å². The largest absolute Gasteiger partial charge is 0.394 e. The highest BCUT2D eigenvalue weighted by molar-refractivity contribution is 5.11. The Labute approximate surface area is 206 Å². The molecule has 8 N–H and O–H groups in total. The third-order valence-corrected chi connectivity index (χ3v) is 7.92. The number of rotatable bonds is 11. The minimum absolute atomic E-state index is 0.245. The van der Waals surface area contributed by atoms with Gasteiger partial charge in [-0.2, -0.15) is 0 Å². The van der Waals surface area contributed by atoms with Crippen LogP contribution in [0.2, 0.25) is 0 Å². The first-order chi connectivity index (χ1) is 16.7. The molecule has 2 heterocycles. The van der Waals surface area contributed by atoms with Gasteiger partial charge in [-0.1, -0.05) is 57.8 Å². The van der Waals surface area contributed by atoms with Gasteiger partial charge < -0.3 is 55.1 Å². The van der Waals surface area contributed by atoms with Gasteiger partial charge in [0.25, 0.3) is 0 Å². The Balaban J connectivity index is 1.50. The smallest absolute Gasteiger partial charge is 0.186 e. The normalized spacial score (nSPS) is 43.4. The molecule has 11 heteroatoms.